The number of hydrogen-bond donors (Lipinski definition) is 17. The highest BCUT2D eigenvalue weighted by atomic mass is 32.3. The molecule has 2 saturated heterocycles. The van der Waals surface area contributed by atoms with Gasteiger partial charge in [-0.3, -0.25) is 66.2 Å². The molecule has 14 atom stereocenters. The number of aliphatic hydroxyl groups excluding tert-OH is 5. The van der Waals surface area contributed by atoms with E-state index < -0.39 is 208 Å². The van der Waals surface area contributed by atoms with Crippen molar-refractivity contribution in [1.82, 2.24) is 77.1 Å². The average Bonchev–Trinajstić information content (AvgIpc) is 0.768. The summed E-state index contributed by atoms with van der Waals surface area (Å²) in [5.74, 6) is -6.00. The Hall–Kier alpha value is -9.64. The highest BCUT2D eigenvalue weighted by molar-refractivity contribution is 7.85. The number of aromatic nitrogens is 6. The number of aryl methyl sites for hydroxylation is 3. The number of ether oxygens (including phenoxy) is 7. The Morgan fingerprint density at radius 3 is 1.82 bits per heavy atom. The molecule has 0 bridgehead atoms. The SMILES string of the molecule is CC[N+]1=c2cc3c(cc2CCC1)=Nc1cc2c(cc1O3)N(CCCC(=O)NCCCC[C@H](NC(=O)CNC(=O)[C@H](CCCCn1cc(CO[C@@H]3O[C@H](CO)[C@H](OS(=O)(=O)O)[C@H](O)[C@H]3O)nn1)NC(=O)CNC(=O)COCCOCCNC(=O)[C@H](CCCCn1cc(CO[C@@H]3O[C@H](CO)[C@H](OS(=O)(=O)O)[C@H](O)[C@H]3NC(C)=O)nn1)NC(C)=O)C(N)=O)C(C)(C)CC2CS(=O)(=O)O. The summed E-state index contributed by atoms with van der Waals surface area (Å²) in [6, 6.07) is 2.87. The van der Waals surface area contributed by atoms with Crippen LogP contribution in [-0.2, 0) is 144 Å². The van der Waals surface area contributed by atoms with Crippen molar-refractivity contribution in [3.8, 4) is 11.5 Å². The van der Waals surface area contributed by atoms with Crippen molar-refractivity contribution < 1.29 is 149 Å². The van der Waals surface area contributed by atoms with Gasteiger partial charge in [0.2, 0.25) is 58.5 Å². The Balaban J connectivity index is 0.691. The summed E-state index contributed by atoms with van der Waals surface area (Å²) in [6.45, 7) is 6.75. The van der Waals surface area contributed by atoms with Crippen LogP contribution < -0.4 is 73.2 Å². The first-order valence-corrected chi connectivity index (χ1v) is 46.7. The van der Waals surface area contributed by atoms with Gasteiger partial charge in [-0.1, -0.05) is 10.4 Å². The number of amides is 9. The quantitative estimate of drug-likeness (QED) is 0.00979. The zero-order valence-electron chi connectivity index (χ0n) is 72.4. The van der Waals surface area contributed by atoms with Crippen molar-refractivity contribution in [1.29, 1.82) is 0 Å². The molecule has 1 unspecified atom stereocenters. The molecule has 5 aliphatic rings. The molecule has 18 N–H and O–H groups in total. The highest BCUT2D eigenvalue weighted by Crippen LogP contribution is 2.50. The van der Waals surface area contributed by atoms with Crippen LogP contribution in [0.15, 0.2) is 41.7 Å². The summed E-state index contributed by atoms with van der Waals surface area (Å²) in [7, 11) is -14.7. The van der Waals surface area contributed by atoms with Crippen LogP contribution in [0.3, 0.4) is 0 Å². The minimum Gasteiger partial charge on any atom is -0.452 e. The first kappa shape index (κ1) is 104. The Bertz CT molecular complexity index is 5070. The van der Waals surface area contributed by atoms with Crippen molar-refractivity contribution in [2.45, 2.75) is 242 Å². The second kappa shape index (κ2) is 48.7. The second-order valence-electron chi connectivity index (χ2n) is 32.3. The molecule has 50 nitrogen and oxygen atoms in total. The van der Waals surface area contributed by atoms with Crippen molar-refractivity contribution in [3.05, 3.63) is 69.9 Å². The van der Waals surface area contributed by atoms with Crippen LogP contribution in [0.1, 0.15) is 147 Å². The average molecular weight is 1900 g/mol. The number of nitrogens with one attached hydrogen (secondary N) is 8. The van der Waals surface area contributed by atoms with E-state index in [-0.39, 0.29) is 108 Å². The van der Waals surface area contributed by atoms with E-state index in [0.29, 0.717) is 85.4 Å². The van der Waals surface area contributed by atoms with Crippen LogP contribution >= 0.6 is 0 Å². The highest BCUT2D eigenvalue weighted by Gasteiger charge is 2.50. The lowest BCUT2D eigenvalue weighted by Gasteiger charge is -2.48. The fourth-order valence-electron chi connectivity index (χ4n) is 15.6. The second-order valence-corrected chi connectivity index (χ2v) is 35.9. The summed E-state index contributed by atoms with van der Waals surface area (Å²) in [5.41, 5.74) is 8.58. The molecule has 0 radical (unpaired) electrons. The maximum Gasteiger partial charge on any atom is 0.397 e. The zero-order chi connectivity index (χ0) is 94.8. The third kappa shape index (κ3) is 32.1. The summed E-state index contributed by atoms with van der Waals surface area (Å²) in [5, 5.41) is 89.8. The van der Waals surface area contributed by atoms with Gasteiger partial charge in [-0.2, -0.15) is 25.3 Å². The third-order valence-corrected chi connectivity index (χ3v) is 23.5. The molecule has 2 fully saturated rings. The largest absolute Gasteiger partial charge is 0.452 e. The molecule has 9 rings (SSSR count). The number of nitrogens with two attached hydrogens (primary N) is 1. The van der Waals surface area contributed by atoms with Crippen molar-refractivity contribution in [2.24, 2.45) is 10.7 Å². The first-order valence-electron chi connectivity index (χ1n) is 42.4. The van der Waals surface area contributed by atoms with Gasteiger partial charge in [0.15, 0.2) is 24.1 Å². The van der Waals surface area contributed by atoms with Crippen LogP contribution in [0.4, 0.5) is 11.4 Å². The Morgan fingerprint density at radius 2 is 1.22 bits per heavy atom. The molecule has 724 valence electrons. The van der Waals surface area contributed by atoms with E-state index in [4.69, 9.17) is 48.4 Å². The van der Waals surface area contributed by atoms with Crippen molar-refractivity contribution in [3.63, 3.8) is 0 Å². The van der Waals surface area contributed by atoms with Crippen LogP contribution in [0.25, 0.3) is 0 Å². The summed E-state index contributed by atoms with van der Waals surface area (Å²) < 4.78 is 152. The molecular weight excluding hydrogens is 1790 g/mol. The number of anilines is 1. The number of carbonyl (C=O) groups is 9. The molecule has 9 amide bonds. The summed E-state index contributed by atoms with van der Waals surface area (Å²) in [6.07, 6.45) is -7.61. The molecule has 5 aliphatic heterocycles. The van der Waals surface area contributed by atoms with E-state index in [1.54, 1.807) is 0 Å². The van der Waals surface area contributed by atoms with Crippen LogP contribution in [0.2, 0.25) is 0 Å². The molecule has 130 heavy (non-hydrogen) atoms. The van der Waals surface area contributed by atoms with Gasteiger partial charge in [-0.25, -0.2) is 17.9 Å². The lowest BCUT2D eigenvalue weighted by Crippen LogP contribution is -2.65. The molecule has 7 heterocycles. The maximum atomic E-state index is 13.8. The fourth-order valence-corrected chi connectivity index (χ4v) is 17.5. The normalized spacial score (nSPS) is 21.8. The lowest BCUT2D eigenvalue weighted by atomic mass is 9.79. The molecular formula is C77H117N18O32S3+. The maximum absolute atomic E-state index is 13.8. The van der Waals surface area contributed by atoms with Crippen LogP contribution in [-0.4, -0.2) is 324 Å². The first-order chi connectivity index (χ1) is 61.6. The number of nitrogens with zero attached hydrogens (tertiary/aromatic N) is 9. The fraction of sp³-hybridized carbons (Fsp3) is 0.675. The lowest BCUT2D eigenvalue weighted by molar-refractivity contribution is -0.300. The molecule has 0 aliphatic carbocycles. The van der Waals surface area contributed by atoms with E-state index in [9.17, 15) is 103 Å². The monoisotopic (exact) mass is 1900 g/mol. The molecule has 4 aromatic rings. The Kier molecular flexibility index (Phi) is 39.0. The standard InChI is InChI=1S/C77H116N18O32S3/c1-6-92-22-13-15-46-29-54-58(31-56(46)92)123-59-32-57-50(30-55(59)85-54)47(43-128(110,111)112)33-77(4,5)95(57)25-14-19-62(100)79-20-10-7-16-51(72(78)107)86-64(102)35-82-74(109)53(18-9-12-24-94-37-49(89-91-94)41-122-76-69(106)68(105)71(61(39-97)125-76)127-130(116,117)118)87-63(101)34-81-65(103)42-120-28-27-119-26-21-80-73(108)52(83-44(2)98)17-8-11-23-93-36-48(88-90-93)40-121-75-66(84-45(3)99)67(104)70(60(38-96)124-75)126-129(113,114)115/h29-32,36-37,47,51-53,60-61,66-71,75-76,96-97,104-106H,6-28,33-35,38-43H2,1-5H3,(H12-,78,79,80,81,82,83,84,86,87,98,99,100,101,102,103,107,108,109,110,111,112,113,114,115,116,117,118)/p+1/t47?,51-,52-,53-,60+,61+,66+,67+,68+,69+,70-,71-,75+,76+/m0/s1. The van der Waals surface area contributed by atoms with Crippen LogP contribution in [0, 0.1) is 0 Å². The van der Waals surface area contributed by atoms with Gasteiger partial charge < -0.3 is 112 Å². The Labute approximate surface area is 748 Å². The molecule has 53 heteroatoms. The topological polar surface area (TPSA) is 703 Å². The van der Waals surface area contributed by atoms with E-state index in [2.05, 4.69) is 87.9 Å². The number of benzene rings is 2. The van der Waals surface area contributed by atoms with Crippen LogP contribution in [0.5, 0.6) is 11.5 Å². The minimum absolute atomic E-state index is 0.00578. The van der Waals surface area contributed by atoms with Gasteiger partial charge in [0, 0.05) is 88.2 Å². The smallest absolute Gasteiger partial charge is 0.397 e. The number of primary amides is 1. The van der Waals surface area contributed by atoms with Gasteiger partial charge >= 0.3 is 20.8 Å². The zero-order valence-corrected chi connectivity index (χ0v) is 74.8. The van der Waals surface area contributed by atoms with Crippen molar-refractivity contribution >= 4 is 95.5 Å². The minimum atomic E-state index is -5.14. The van der Waals surface area contributed by atoms with Crippen molar-refractivity contribution in [2.75, 3.05) is 96.1 Å². The number of fused-ring (bicyclic) bond motifs is 4. The van der Waals surface area contributed by atoms with E-state index in [1.807, 2.05) is 38.1 Å². The van der Waals surface area contributed by atoms with E-state index in [0.717, 1.165) is 38.2 Å². The third-order valence-electron chi connectivity index (χ3n) is 21.7. The molecule has 2 aromatic heterocycles. The molecule has 2 aromatic carbocycles. The summed E-state index contributed by atoms with van der Waals surface area (Å²) in [4.78, 5) is 124. The van der Waals surface area contributed by atoms with Gasteiger partial charge in [-0.05, 0) is 116 Å². The predicted molar refractivity (Wildman–Crippen MR) is 448 cm³/mol. The Morgan fingerprint density at radius 1 is 0.631 bits per heavy atom. The number of hydrogen-bond acceptors (Lipinski definition) is 35. The number of aliphatic hydroxyl groups is 5. The number of rotatable bonds is 53. The van der Waals surface area contributed by atoms with Gasteiger partial charge in [0.1, 0.15) is 109 Å². The molecule has 0 saturated carbocycles. The van der Waals surface area contributed by atoms with Gasteiger partial charge in [0.05, 0.1) is 83.6 Å². The number of unbranched alkanes of at least 4 members (excludes halogenated alkanes) is 3. The molecule has 0 spiro atoms. The van der Waals surface area contributed by atoms with E-state index in [1.165, 1.54) is 34.2 Å². The van der Waals surface area contributed by atoms with Gasteiger partial charge in [0.25, 0.3) is 10.1 Å². The van der Waals surface area contributed by atoms with Gasteiger partial charge in [-0.15, -0.1) is 10.2 Å². The number of carbonyl (C=O) groups excluding carboxylic acids is 9. The summed E-state index contributed by atoms with van der Waals surface area (Å²) >= 11 is 0. The van der Waals surface area contributed by atoms with E-state index >= 15 is 0 Å². The predicted octanol–water partition coefficient (Wildman–Crippen LogP) is -6.08.